The molecule has 0 saturated carbocycles. The maximum atomic E-state index is 10.7. The van der Waals surface area contributed by atoms with E-state index >= 15 is 0 Å². The van der Waals surface area contributed by atoms with Crippen LogP contribution in [-0.2, 0) is 19.1 Å². The number of rotatable bonds is 16. The molecule has 0 aromatic heterocycles. The maximum Gasteiger partial charge on any atom is 0.330 e. The highest BCUT2D eigenvalue weighted by Gasteiger charge is 1.95. The number of carbonyl (C=O) groups excluding carboxylic acids is 2. The van der Waals surface area contributed by atoms with Gasteiger partial charge >= 0.3 is 11.9 Å². The Kier molecular flexibility index (Phi) is 24.0. The summed E-state index contributed by atoms with van der Waals surface area (Å²) in [6.07, 6.45) is 17.3. The molecule has 0 radical (unpaired) electrons. The van der Waals surface area contributed by atoms with Crippen LogP contribution in [0.25, 0.3) is 0 Å². The molecule has 26 heavy (non-hydrogen) atoms. The lowest BCUT2D eigenvalue weighted by molar-refractivity contribution is -0.138. The fourth-order valence-electron chi connectivity index (χ4n) is 2.20. The second kappa shape index (κ2) is 23.4. The van der Waals surface area contributed by atoms with Gasteiger partial charge < -0.3 is 9.47 Å². The molecule has 0 atom stereocenters. The third-order valence-electron chi connectivity index (χ3n) is 3.82. The van der Waals surface area contributed by atoms with E-state index in [4.69, 9.17) is 4.74 Å². The van der Waals surface area contributed by atoms with Gasteiger partial charge in [0, 0.05) is 12.2 Å². The van der Waals surface area contributed by atoms with Crippen molar-refractivity contribution in [1.29, 1.82) is 0 Å². The molecular weight excluding hydrogens is 328 g/mol. The normalized spacial score (nSPS) is 9.62. The maximum absolute atomic E-state index is 10.7. The fraction of sp³-hybridized carbons (Fsp3) is 0.727. The first-order chi connectivity index (χ1) is 12.6. The molecule has 0 fully saturated rings. The van der Waals surface area contributed by atoms with Crippen LogP contribution < -0.4 is 0 Å². The Balaban J connectivity index is 0. The van der Waals surface area contributed by atoms with Gasteiger partial charge in [-0.05, 0) is 12.8 Å². The van der Waals surface area contributed by atoms with E-state index in [1.54, 1.807) is 0 Å². The molecule has 0 heterocycles. The van der Waals surface area contributed by atoms with Crippen LogP contribution in [0.5, 0.6) is 0 Å². The summed E-state index contributed by atoms with van der Waals surface area (Å²) in [5, 5.41) is 0. The lowest BCUT2D eigenvalue weighted by atomic mass is 10.1. The number of carbonyl (C=O) groups is 2. The summed E-state index contributed by atoms with van der Waals surface area (Å²) in [6, 6.07) is 0. The van der Waals surface area contributed by atoms with Gasteiger partial charge in [-0.3, -0.25) is 0 Å². The molecular formula is C22H40O4. The zero-order valence-electron chi connectivity index (χ0n) is 17.1. The Morgan fingerprint density at radius 3 is 1.35 bits per heavy atom. The molecule has 0 N–H and O–H groups in total. The van der Waals surface area contributed by atoms with Crippen LogP contribution >= 0.6 is 0 Å². The molecule has 4 nitrogen and oxygen atoms in total. The number of esters is 2. The highest BCUT2D eigenvalue weighted by Crippen LogP contribution is 2.10. The quantitative estimate of drug-likeness (QED) is 0.186. The monoisotopic (exact) mass is 368 g/mol. The van der Waals surface area contributed by atoms with Gasteiger partial charge in [-0.1, -0.05) is 91.2 Å². The Labute approximate surface area is 161 Å². The van der Waals surface area contributed by atoms with Crippen molar-refractivity contribution >= 4 is 11.9 Å². The fourth-order valence-corrected chi connectivity index (χ4v) is 2.20. The largest absolute Gasteiger partial charge is 0.463 e. The van der Waals surface area contributed by atoms with Crippen molar-refractivity contribution in [2.45, 2.75) is 90.9 Å². The first kappa shape index (κ1) is 26.6. The molecule has 0 spiro atoms. The van der Waals surface area contributed by atoms with Crippen LogP contribution in [0.2, 0.25) is 0 Å². The predicted octanol–water partition coefficient (Wildman–Crippen LogP) is 6.15. The molecule has 0 saturated heterocycles. The zero-order chi connectivity index (χ0) is 19.9. The van der Waals surface area contributed by atoms with Crippen LogP contribution in [0.4, 0.5) is 0 Å². The van der Waals surface area contributed by atoms with Gasteiger partial charge in [0.1, 0.15) is 0 Å². The van der Waals surface area contributed by atoms with Crippen LogP contribution in [-0.4, -0.2) is 25.2 Å². The number of unbranched alkanes of at least 4 members (excludes halogenated alkanes) is 10. The van der Waals surface area contributed by atoms with Crippen molar-refractivity contribution in [3.8, 4) is 0 Å². The van der Waals surface area contributed by atoms with Gasteiger partial charge in [-0.15, -0.1) is 0 Å². The Morgan fingerprint density at radius 1 is 0.615 bits per heavy atom. The Hall–Kier alpha value is -1.58. The average molecular weight is 369 g/mol. The molecule has 0 amide bonds. The topological polar surface area (TPSA) is 52.6 Å². The molecule has 4 heteroatoms. The Morgan fingerprint density at radius 2 is 0.962 bits per heavy atom. The van der Waals surface area contributed by atoms with Gasteiger partial charge in [0.2, 0.25) is 0 Å². The van der Waals surface area contributed by atoms with E-state index < -0.39 is 0 Å². The minimum absolute atomic E-state index is 0.305. The van der Waals surface area contributed by atoms with E-state index in [2.05, 4.69) is 24.8 Å². The summed E-state index contributed by atoms with van der Waals surface area (Å²) in [5.41, 5.74) is 0. The van der Waals surface area contributed by atoms with Crippen LogP contribution in [0, 0.1) is 0 Å². The molecule has 0 rings (SSSR count). The summed E-state index contributed by atoms with van der Waals surface area (Å²) >= 11 is 0. The molecule has 0 bridgehead atoms. The van der Waals surface area contributed by atoms with Crippen LogP contribution in [0.15, 0.2) is 25.3 Å². The second-order valence-electron chi connectivity index (χ2n) is 6.28. The van der Waals surface area contributed by atoms with Crippen molar-refractivity contribution in [2.75, 3.05) is 13.2 Å². The van der Waals surface area contributed by atoms with Crippen molar-refractivity contribution in [2.24, 2.45) is 0 Å². The lowest BCUT2D eigenvalue weighted by Gasteiger charge is -2.03. The predicted molar refractivity (Wildman–Crippen MR) is 109 cm³/mol. The molecule has 152 valence electrons. The standard InChI is InChI=1S/C15H28O2.C7H12O2/c1-3-5-6-7-8-9-10-11-12-13-14-17-15(16)4-2;1-3-5-6-9-7(8)4-2/h4H,2-3,5-14H2,1H3;4H,2-3,5-6H2,1H3. The number of ether oxygens (including phenoxy) is 2. The van der Waals surface area contributed by atoms with Gasteiger partial charge in [0.15, 0.2) is 0 Å². The highest BCUT2D eigenvalue weighted by atomic mass is 16.5. The van der Waals surface area contributed by atoms with E-state index in [9.17, 15) is 9.59 Å². The van der Waals surface area contributed by atoms with Gasteiger partial charge in [0.25, 0.3) is 0 Å². The van der Waals surface area contributed by atoms with E-state index in [-0.39, 0.29) is 11.9 Å². The average Bonchev–Trinajstić information content (AvgIpc) is 2.66. The summed E-state index contributed by atoms with van der Waals surface area (Å²) < 4.78 is 9.58. The summed E-state index contributed by atoms with van der Waals surface area (Å²) in [4.78, 5) is 21.1. The Bertz CT molecular complexity index is 350. The minimum Gasteiger partial charge on any atom is -0.463 e. The molecule has 0 aromatic carbocycles. The van der Waals surface area contributed by atoms with Gasteiger partial charge in [-0.25, -0.2) is 9.59 Å². The van der Waals surface area contributed by atoms with E-state index in [1.165, 1.54) is 69.9 Å². The molecule has 0 aliphatic carbocycles. The highest BCUT2D eigenvalue weighted by molar-refractivity contribution is 5.81. The van der Waals surface area contributed by atoms with E-state index in [0.717, 1.165) is 19.3 Å². The number of hydrogen-bond acceptors (Lipinski definition) is 4. The van der Waals surface area contributed by atoms with E-state index in [1.807, 2.05) is 6.92 Å². The van der Waals surface area contributed by atoms with Crippen LogP contribution in [0.3, 0.4) is 0 Å². The smallest absolute Gasteiger partial charge is 0.330 e. The minimum atomic E-state index is -0.330. The molecule has 0 aliphatic rings. The third-order valence-corrected chi connectivity index (χ3v) is 3.82. The van der Waals surface area contributed by atoms with Gasteiger partial charge in [0.05, 0.1) is 13.2 Å². The summed E-state index contributed by atoms with van der Waals surface area (Å²) in [7, 11) is 0. The van der Waals surface area contributed by atoms with Gasteiger partial charge in [-0.2, -0.15) is 0 Å². The lowest BCUT2D eigenvalue weighted by Crippen LogP contribution is -2.01. The van der Waals surface area contributed by atoms with Crippen molar-refractivity contribution < 1.29 is 19.1 Å². The van der Waals surface area contributed by atoms with Crippen molar-refractivity contribution in [1.82, 2.24) is 0 Å². The number of hydrogen-bond donors (Lipinski definition) is 0. The summed E-state index contributed by atoms with van der Waals surface area (Å²) in [6.45, 7) is 12.0. The van der Waals surface area contributed by atoms with E-state index in [0.29, 0.717) is 13.2 Å². The first-order valence-electron chi connectivity index (χ1n) is 10.2. The SMILES string of the molecule is C=CC(=O)OCCCC.C=CC(=O)OCCCCCCCCCCCC. The molecule has 0 aromatic rings. The first-order valence-corrected chi connectivity index (χ1v) is 10.2. The molecule has 0 aliphatic heterocycles. The third kappa shape index (κ3) is 24.7. The van der Waals surface area contributed by atoms with Crippen LogP contribution in [0.1, 0.15) is 90.9 Å². The van der Waals surface area contributed by atoms with Crippen molar-refractivity contribution in [3.05, 3.63) is 25.3 Å². The second-order valence-corrected chi connectivity index (χ2v) is 6.28. The zero-order valence-corrected chi connectivity index (χ0v) is 17.1. The molecule has 0 unspecified atom stereocenters. The van der Waals surface area contributed by atoms with Crippen molar-refractivity contribution in [3.63, 3.8) is 0 Å². The summed E-state index contributed by atoms with van der Waals surface area (Å²) in [5.74, 6) is -0.635.